The normalized spacial score (nSPS) is 11.7. The Morgan fingerprint density at radius 3 is 2.52 bits per heavy atom. The van der Waals surface area contributed by atoms with E-state index in [2.05, 4.69) is 5.32 Å². The quantitative estimate of drug-likeness (QED) is 0.573. The number of nitrogens with two attached hydrogens (primary N) is 1. The third kappa shape index (κ3) is 4.58. The molecule has 0 saturated heterocycles. The minimum Gasteiger partial charge on any atom is -0.479 e. The van der Waals surface area contributed by atoms with E-state index in [0.29, 0.717) is 10.6 Å². The number of aryl methyl sites for hydroxylation is 1. The van der Waals surface area contributed by atoms with Crippen molar-refractivity contribution in [3.05, 3.63) is 69.8 Å². The Bertz CT molecular complexity index is 1070. The third-order valence-electron chi connectivity index (χ3n) is 4.20. The lowest BCUT2D eigenvalue weighted by Crippen LogP contribution is -2.30. The molecule has 0 saturated carbocycles. The van der Waals surface area contributed by atoms with Crippen LogP contribution in [0.25, 0.3) is 11.1 Å². The number of benzene rings is 2. The van der Waals surface area contributed by atoms with Gasteiger partial charge in [0.05, 0.1) is 10.6 Å². The zero-order valence-corrected chi connectivity index (χ0v) is 17.2. The van der Waals surface area contributed by atoms with Crippen molar-refractivity contribution in [2.45, 2.75) is 20.0 Å². The van der Waals surface area contributed by atoms with E-state index in [0.717, 1.165) is 16.5 Å². The maximum Gasteiger partial charge on any atom is 0.265 e. The molecule has 0 bridgehead atoms. The van der Waals surface area contributed by atoms with Crippen molar-refractivity contribution < 1.29 is 18.7 Å². The summed E-state index contributed by atoms with van der Waals surface area (Å²) in [4.78, 5) is 25.6. The van der Waals surface area contributed by atoms with Crippen LogP contribution in [0.5, 0.6) is 5.75 Å². The van der Waals surface area contributed by atoms with Crippen LogP contribution in [-0.4, -0.2) is 17.9 Å². The highest BCUT2D eigenvalue weighted by molar-refractivity contribution is 7.17. The van der Waals surface area contributed by atoms with Crippen LogP contribution in [0.15, 0.2) is 48.5 Å². The molecular formula is C21H18ClFN2O3S. The topological polar surface area (TPSA) is 81.4 Å². The van der Waals surface area contributed by atoms with Gasteiger partial charge in [0.1, 0.15) is 16.6 Å². The number of nitrogens with one attached hydrogen (secondary N) is 1. The molecule has 29 heavy (non-hydrogen) atoms. The molecule has 3 rings (SSSR count). The van der Waals surface area contributed by atoms with Crippen LogP contribution < -0.4 is 15.8 Å². The molecule has 0 aliphatic heterocycles. The summed E-state index contributed by atoms with van der Waals surface area (Å²) in [7, 11) is 0. The molecule has 1 atom stereocenters. The first kappa shape index (κ1) is 20.8. The van der Waals surface area contributed by atoms with Gasteiger partial charge < -0.3 is 15.8 Å². The van der Waals surface area contributed by atoms with Crippen LogP contribution in [-0.2, 0) is 4.79 Å². The summed E-state index contributed by atoms with van der Waals surface area (Å²) in [5.74, 6) is -1.46. The molecule has 150 valence electrons. The summed E-state index contributed by atoms with van der Waals surface area (Å²) in [6, 6.07) is 13.0. The molecule has 8 heteroatoms. The molecule has 1 unspecified atom stereocenters. The van der Waals surface area contributed by atoms with E-state index in [1.165, 1.54) is 30.4 Å². The van der Waals surface area contributed by atoms with Gasteiger partial charge >= 0.3 is 0 Å². The molecule has 5 nitrogen and oxygen atoms in total. The number of rotatable bonds is 6. The molecule has 0 radical (unpaired) electrons. The van der Waals surface area contributed by atoms with Gasteiger partial charge in [-0.1, -0.05) is 41.9 Å². The lowest BCUT2D eigenvalue weighted by atomic mass is 10.0. The highest BCUT2D eigenvalue weighted by Gasteiger charge is 2.25. The smallest absolute Gasteiger partial charge is 0.265 e. The monoisotopic (exact) mass is 432 g/mol. The summed E-state index contributed by atoms with van der Waals surface area (Å²) in [5, 5.41) is 3.11. The molecule has 0 aliphatic rings. The van der Waals surface area contributed by atoms with E-state index in [4.69, 9.17) is 22.1 Å². The second-order valence-corrected chi connectivity index (χ2v) is 7.92. The van der Waals surface area contributed by atoms with Gasteiger partial charge in [-0.3, -0.25) is 9.59 Å². The Morgan fingerprint density at radius 2 is 1.90 bits per heavy atom. The van der Waals surface area contributed by atoms with Crippen LogP contribution in [0, 0.1) is 12.7 Å². The zero-order chi connectivity index (χ0) is 21.1. The first-order valence-electron chi connectivity index (χ1n) is 8.69. The molecule has 0 spiro atoms. The van der Waals surface area contributed by atoms with Gasteiger partial charge in [-0.2, -0.15) is 0 Å². The average molecular weight is 433 g/mol. The van der Waals surface area contributed by atoms with Crippen LogP contribution >= 0.6 is 22.9 Å². The number of thiophene rings is 1. The highest BCUT2D eigenvalue weighted by Crippen LogP contribution is 2.39. The number of primary amides is 1. The number of halogens is 2. The summed E-state index contributed by atoms with van der Waals surface area (Å²) in [6.07, 6.45) is -0.943. The van der Waals surface area contributed by atoms with Gasteiger partial charge in [-0.25, -0.2) is 4.39 Å². The summed E-state index contributed by atoms with van der Waals surface area (Å²) in [5.41, 5.74) is 7.38. The maximum atomic E-state index is 13.2. The molecule has 1 heterocycles. The van der Waals surface area contributed by atoms with Crippen molar-refractivity contribution in [1.82, 2.24) is 0 Å². The number of hydrogen-bond acceptors (Lipinski definition) is 4. The van der Waals surface area contributed by atoms with Crippen LogP contribution in [0.4, 0.5) is 9.39 Å². The molecule has 0 fully saturated rings. The van der Waals surface area contributed by atoms with Gasteiger partial charge in [-0.05, 0) is 37.6 Å². The fourth-order valence-electron chi connectivity index (χ4n) is 2.85. The second-order valence-electron chi connectivity index (χ2n) is 6.29. The molecule has 2 aromatic carbocycles. The van der Waals surface area contributed by atoms with Crippen molar-refractivity contribution in [3.8, 4) is 16.9 Å². The van der Waals surface area contributed by atoms with Gasteiger partial charge in [0, 0.05) is 10.4 Å². The predicted octanol–water partition coefficient (Wildman–Crippen LogP) is 5.02. The van der Waals surface area contributed by atoms with E-state index in [9.17, 15) is 14.0 Å². The van der Waals surface area contributed by atoms with Crippen molar-refractivity contribution in [2.75, 3.05) is 5.32 Å². The Hall–Kier alpha value is -2.90. The predicted molar refractivity (Wildman–Crippen MR) is 113 cm³/mol. The fraction of sp³-hybridized carbons (Fsp3) is 0.143. The molecule has 2 amide bonds. The molecular weight excluding hydrogens is 415 g/mol. The fourth-order valence-corrected chi connectivity index (χ4v) is 4.14. The Kier molecular flexibility index (Phi) is 6.20. The minimum absolute atomic E-state index is 0.0563. The maximum absolute atomic E-state index is 13.2. The largest absolute Gasteiger partial charge is 0.479 e. The highest BCUT2D eigenvalue weighted by atomic mass is 35.5. The first-order chi connectivity index (χ1) is 13.8. The minimum atomic E-state index is -0.943. The Balaban J connectivity index is 1.86. The third-order valence-corrected chi connectivity index (χ3v) is 5.51. The summed E-state index contributed by atoms with van der Waals surface area (Å²) >= 11 is 7.20. The molecule has 0 aliphatic carbocycles. The van der Waals surface area contributed by atoms with Crippen molar-refractivity contribution in [2.24, 2.45) is 5.73 Å². The summed E-state index contributed by atoms with van der Waals surface area (Å²) in [6.45, 7) is 3.38. The van der Waals surface area contributed by atoms with E-state index in [-0.39, 0.29) is 16.3 Å². The average Bonchev–Trinajstić information content (AvgIpc) is 3.00. The summed E-state index contributed by atoms with van der Waals surface area (Å²) < 4.78 is 18.7. The van der Waals surface area contributed by atoms with Crippen LogP contribution in [0.1, 0.15) is 22.2 Å². The molecule has 3 N–H and O–H groups in total. The van der Waals surface area contributed by atoms with Gasteiger partial charge in [0.25, 0.3) is 11.8 Å². The Labute approximate surface area is 176 Å². The van der Waals surface area contributed by atoms with E-state index in [1.807, 2.05) is 37.3 Å². The number of amides is 2. The zero-order valence-electron chi connectivity index (χ0n) is 15.7. The molecule has 1 aromatic heterocycles. The number of carbonyl (C=O) groups excluding carboxylic acids is 2. The SMILES string of the molecule is Cc1sc(NC(=O)C(C)Oc2ccc(F)cc2Cl)c(C(N)=O)c1-c1ccccc1. The lowest BCUT2D eigenvalue weighted by molar-refractivity contribution is -0.122. The van der Waals surface area contributed by atoms with Crippen LogP contribution in [0.3, 0.4) is 0 Å². The Morgan fingerprint density at radius 1 is 1.21 bits per heavy atom. The van der Waals surface area contributed by atoms with Crippen molar-refractivity contribution >= 4 is 39.8 Å². The number of ether oxygens (including phenoxy) is 1. The lowest BCUT2D eigenvalue weighted by Gasteiger charge is -2.15. The number of carbonyl (C=O) groups is 2. The second kappa shape index (κ2) is 8.63. The van der Waals surface area contributed by atoms with E-state index in [1.54, 1.807) is 0 Å². The van der Waals surface area contributed by atoms with Gasteiger partial charge in [-0.15, -0.1) is 11.3 Å². The van der Waals surface area contributed by atoms with Gasteiger partial charge in [0.15, 0.2) is 6.10 Å². The van der Waals surface area contributed by atoms with Crippen molar-refractivity contribution in [3.63, 3.8) is 0 Å². The number of anilines is 1. The van der Waals surface area contributed by atoms with Crippen LogP contribution in [0.2, 0.25) is 5.02 Å². The van der Waals surface area contributed by atoms with Gasteiger partial charge in [0.2, 0.25) is 0 Å². The van der Waals surface area contributed by atoms with E-state index < -0.39 is 23.7 Å². The number of hydrogen-bond donors (Lipinski definition) is 2. The first-order valence-corrected chi connectivity index (χ1v) is 9.88. The van der Waals surface area contributed by atoms with Crippen molar-refractivity contribution in [1.29, 1.82) is 0 Å². The van der Waals surface area contributed by atoms with E-state index >= 15 is 0 Å². The molecule has 3 aromatic rings. The standard InChI is InChI=1S/C21H18ClFN2O3S/c1-11(28-16-9-8-14(23)10-15(16)22)20(27)25-21-18(19(24)26)17(12(2)29-21)13-6-4-3-5-7-13/h3-11H,1-2H3,(H2,24,26)(H,25,27).